The van der Waals surface area contributed by atoms with Gasteiger partial charge in [-0.2, -0.15) is 5.10 Å². The molecule has 8 heteroatoms. The summed E-state index contributed by atoms with van der Waals surface area (Å²) in [6, 6.07) is 13.8. The van der Waals surface area contributed by atoms with Crippen molar-refractivity contribution in [2.24, 2.45) is 5.10 Å². The molecule has 0 aliphatic heterocycles. The van der Waals surface area contributed by atoms with E-state index >= 15 is 0 Å². The Kier molecular flexibility index (Phi) is 9.18. The minimum atomic E-state index is -0.835. The van der Waals surface area contributed by atoms with Gasteiger partial charge in [0, 0.05) is 6.42 Å². The van der Waals surface area contributed by atoms with Crippen molar-refractivity contribution in [3.05, 3.63) is 59.7 Å². The third-order valence-corrected chi connectivity index (χ3v) is 4.04. The van der Waals surface area contributed by atoms with Crippen LogP contribution in [0.4, 0.5) is 4.79 Å². The molecular weight excluding hydrogens is 386 g/mol. The van der Waals surface area contributed by atoms with Crippen LogP contribution in [0.1, 0.15) is 25.0 Å². The number of methoxy groups -OCH3 is 1. The normalized spacial score (nSPS) is 11.6. The first-order valence-electron chi connectivity index (χ1n) is 9.68. The fourth-order valence-electron chi connectivity index (χ4n) is 2.66. The number of hydrazone groups is 1. The molecule has 0 bridgehead atoms. The van der Waals surface area contributed by atoms with Crippen molar-refractivity contribution < 1.29 is 23.8 Å². The fourth-order valence-corrected chi connectivity index (χ4v) is 2.66. The highest BCUT2D eigenvalue weighted by atomic mass is 16.5. The smallest absolute Gasteiger partial charge is 0.407 e. The van der Waals surface area contributed by atoms with Crippen LogP contribution in [0.25, 0.3) is 0 Å². The lowest BCUT2D eigenvalue weighted by molar-refractivity contribution is -0.123. The van der Waals surface area contributed by atoms with Crippen LogP contribution in [0.5, 0.6) is 11.5 Å². The maximum atomic E-state index is 12.6. The van der Waals surface area contributed by atoms with Gasteiger partial charge in [0.05, 0.1) is 26.5 Å². The molecule has 1 atom stereocenters. The average molecular weight is 413 g/mol. The molecule has 0 fully saturated rings. The molecule has 2 aromatic rings. The molecule has 0 heterocycles. The van der Waals surface area contributed by atoms with Gasteiger partial charge in [-0.1, -0.05) is 30.3 Å². The highest BCUT2D eigenvalue weighted by Crippen LogP contribution is 2.27. The van der Waals surface area contributed by atoms with Gasteiger partial charge >= 0.3 is 6.09 Å². The summed E-state index contributed by atoms with van der Waals surface area (Å²) in [6.45, 7) is 4.32. The number of hydrogen-bond acceptors (Lipinski definition) is 6. The van der Waals surface area contributed by atoms with E-state index in [1.165, 1.54) is 6.21 Å². The predicted octanol–water partition coefficient (Wildman–Crippen LogP) is 2.90. The van der Waals surface area contributed by atoms with Crippen LogP contribution in [-0.4, -0.2) is 44.6 Å². The summed E-state index contributed by atoms with van der Waals surface area (Å²) < 4.78 is 15.7. The second-order valence-corrected chi connectivity index (χ2v) is 6.18. The topological polar surface area (TPSA) is 98.2 Å². The molecule has 0 saturated carbocycles. The van der Waals surface area contributed by atoms with Gasteiger partial charge in [-0.25, -0.2) is 10.2 Å². The number of alkyl carbamates (subject to hydrolysis) is 1. The quantitative estimate of drug-likeness (QED) is 0.461. The van der Waals surface area contributed by atoms with Gasteiger partial charge in [0.25, 0.3) is 5.91 Å². The van der Waals surface area contributed by atoms with Crippen LogP contribution in [0.3, 0.4) is 0 Å². The van der Waals surface area contributed by atoms with Crippen molar-refractivity contribution in [3.63, 3.8) is 0 Å². The molecule has 2 amide bonds. The van der Waals surface area contributed by atoms with Crippen molar-refractivity contribution in [3.8, 4) is 11.5 Å². The molecular formula is C22H27N3O5. The van der Waals surface area contributed by atoms with Crippen LogP contribution in [0, 0.1) is 0 Å². The van der Waals surface area contributed by atoms with Crippen LogP contribution in [0.2, 0.25) is 0 Å². The van der Waals surface area contributed by atoms with Crippen LogP contribution in [0.15, 0.2) is 53.6 Å². The number of nitrogens with zero attached hydrogens (tertiary/aromatic N) is 1. The number of benzene rings is 2. The molecule has 2 N–H and O–H groups in total. The summed E-state index contributed by atoms with van der Waals surface area (Å²) in [5.41, 5.74) is 4.08. The Labute approximate surface area is 176 Å². The summed E-state index contributed by atoms with van der Waals surface area (Å²) in [4.78, 5) is 24.4. The third-order valence-electron chi connectivity index (χ3n) is 4.04. The first kappa shape index (κ1) is 22.7. The Morgan fingerprint density at radius 2 is 1.83 bits per heavy atom. The first-order chi connectivity index (χ1) is 14.6. The van der Waals surface area contributed by atoms with Gasteiger partial charge in [0.1, 0.15) is 6.04 Å². The van der Waals surface area contributed by atoms with Crippen molar-refractivity contribution in [1.29, 1.82) is 0 Å². The van der Waals surface area contributed by atoms with E-state index in [1.54, 1.807) is 32.2 Å². The summed E-state index contributed by atoms with van der Waals surface area (Å²) in [5, 5.41) is 6.57. The maximum Gasteiger partial charge on any atom is 0.407 e. The third kappa shape index (κ3) is 7.12. The van der Waals surface area contributed by atoms with Crippen molar-refractivity contribution in [2.45, 2.75) is 26.3 Å². The van der Waals surface area contributed by atoms with Crippen LogP contribution < -0.4 is 20.2 Å². The van der Waals surface area contributed by atoms with Crippen LogP contribution in [-0.2, 0) is 16.0 Å². The number of carbonyl (C=O) groups is 2. The number of hydrogen-bond donors (Lipinski definition) is 2. The summed E-state index contributed by atoms with van der Waals surface area (Å²) in [7, 11) is 1.55. The molecule has 160 valence electrons. The van der Waals surface area contributed by atoms with E-state index in [9.17, 15) is 9.59 Å². The molecule has 30 heavy (non-hydrogen) atoms. The minimum Gasteiger partial charge on any atom is -0.493 e. The van der Waals surface area contributed by atoms with Gasteiger partial charge in [-0.15, -0.1) is 0 Å². The summed E-state index contributed by atoms with van der Waals surface area (Å²) in [6.07, 6.45) is 1.13. The largest absolute Gasteiger partial charge is 0.493 e. The van der Waals surface area contributed by atoms with Crippen LogP contribution >= 0.6 is 0 Å². The molecule has 8 nitrogen and oxygen atoms in total. The lowest BCUT2D eigenvalue weighted by Gasteiger charge is -2.16. The van der Waals surface area contributed by atoms with E-state index < -0.39 is 18.0 Å². The second kappa shape index (κ2) is 12.1. The van der Waals surface area contributed by atoms with Gasteiger partial charge in [0.2, 0.25) is 0 Å². The first-order valence-corrected chi connectivity index (χ1v) is 9.68. The van der Waals surface area contributed by atoms with Gasteiger partial charge in [-0.3, -0.25) is 4.79 Å². The molecule has 2 aromatic carbocycles. The zero-order chi connectivity index (χ0) is 21.8. The Bertz CT molecular complexity index is 855. The van der Waals surface area contributed by atoms with E-state index in [0.717, 1.165) is 5.56 Å². The Balaban J connectivity index is 2.05. The predicted molar refractivity (Wildman–Crippen MR) is 114 cm³/mol. The molecule has 0 aliphatic carbocycles. The number of amides is 2. The standard InChI is InChI=1S/C22H27N3O5/c1-4-29-19-12-11-17(14-20(19)28-3)15-23-25-21(26)18(24-22(27)30-5-2)13-16-9-7-6-8-10-16/h6-12,14-15,18H,4-5,13H2,1-3H3,(H,24,27)(H,25,26)/b23-15-/t18-/m1/s1. The molecule has 0 spiro atoms. The van der Waals surface area contributed by atoms with Gasteiger partial charge in [0.15, 0.2) is 11.5 Å². The lowest BCUT2D eigenvalue weighted by Crippen LogP contribution is -2.47. The van der Waals surface area contributed by atoms with E-state index in [4.69, 9.17) is 14.2 Å². The number of ether oxygens (including phenoxy) is 3. The second-order valence-electron chi connectivity index (χ2n) is 6.18. The van der Waals surface area contributed by atoms with E-state index in [1.807, 2.05) is 37.3 Å². The zero-order valence-electron chi connectivity index (χ0n) is 17.4. The number of rotatable bonds is 10. The number of carbonyl (C=O) groups excluding carboxylic acids is 2. The molecule has 2 rings (SSSR count). The summed E-state index contributed by atoms with van der Waals surface area (Å²) in [5.74, 6) is 0.738. The highest BCUT2D eigenvalue weighted by molar-refractivity contribution is 5.87. The van der Waals surface area contributed by atoms with Crippen molar-refractivity contribution in [2.75, 3.05) is 20.3 Å². The molecule has 0 unspecified atom stereocenters. The van der Waals surface area contributed by atoms with E-state index in [-0.39, 0.29) is 6.61 Å². The lowest BCUT2D eigenvalue weighted by atomic mass is 10.1. The minimum absolute atomic E-state index is 0.212. The van der Waals surface area contributed by atoms with Crippen molar-refractivity contribution >= 4 is 18.2 Å². The molecule has 0 radical (unpaired) electrons. The molecule has 0 aliphatic rings. The fraction of sp³-hybridized carbons (Fsp3) is 0.318. The maximum absolute atomic E-state index is 12.6. The SMILES string of the molecule is CCOC(=O)N[C@H](Cc1ccccc1)C(=O)N/N=C\c1ccc(OCC)c(OC)c1. The molecule has 0 aromatic heterocycles. The van der Waals surface area contributed by atoms with Gasteiger partial charge < -0.3 is 19.5 Å². The van der Waals surface area contributed by atoms with E-state index in [0.29, 0.717) is 30.1 Å². The highest BCUT2D eigenvalue weighted by Gasteiger charge is 2.21. The summed E-state index contributed by atoms with van der Waals surface area (Å²) >= 11 is 0. The van der Waals surface area contributed by atoms with E-state index in [2.05, 4.69) is 15.8 Å². The Morgan fingerprint density at radius 3 is 2.50 bits per heavy atom. The molecule has 0 saturated heterocycles. The van der Waals surface area contributed by atoms with Crippen molar-refractivity contribution in [1.82, 2.24) is 10.7 Å². The Morgan fingerprint density at radius 1 is 1.07 bits per heavy atom. The Hall–Kier alpha value is -3.55. The zero-order valence-corrected chi connectivity index (χ0v) is 17.4. The monoisotopic (exact) mass is 413 g/mol. The van der Waals surface area contributed by atoms with Gasteiger partial charge in [-0.05, 0) is 43.2 Å². The average Bonchev–Trinajstić information content (AvgIpc) is 2.75. The number of nitrogens with one attached hydrogen (secondary N) is 2.